The fourth-order valence-electron chi connectivity index (χ4n) is 4.39. The van der Waals surface area contributed by atoms with E-state index in [1.807, 2.05) is 6.07 Å². The van der Waals surface area contributed by atoms with Crippen LogP contribution >= 0.6 is 0 Å². The Bertz CT molecular complexity index is 1250. The van der Waals surface area contributed by atoms with Crippen molar-refractivity contribution in [1.82, 2.24) is 5.06 Å². The summed E-state index contributed by atoms with van der Waals surface area (Å²) in [4.78, 5) is 32.6. The molecule has 2 aromatic carbocycles. The molecule has 0 aromatic heterocycles. The molecule has 0 fully saturated rings. The van der Waals surface area contributed by atoms with Crippen LogP contribution in [0.2, 0.25) is 0 Å². The molecule has 2 atom stereocenters. The molecule has 0 saturated carbocycles. The number of hydrogen-bond acceptors (Lipinski definition) is 5. The summed E-state index contributed by atoms with van der Waals surface area (Å²) in [6.07, 6.45) is -5.95. The second kappa shape index (κ2) is 6.91. The molecular weight excluding hydrogens is 427 g/mol. The average molecular weight is 441 g/mol. The van der Waals surface area contributed by atoms with E-state index in [-0.39, 0.29) is 41.0 Å². The smallest absolute Gasteiger partial charge is 0.362 e. The van der Waals surface area contributed by atoms with Gasteiger partial charge in [0.05, 0.1) is 22.9 Å². The molecule has 2 unspecified atom stereocenters. The number of ketones is 1. The van der Waals surface area contributed by atoms with Gasteiger partial charge in [0, 0.05) is 23.3 Å². The van der Waals surface area contributed by atoms with E-state index in [0.29, 0.717) is 11.3 Å². The van der Waals surface area contributed by atoms with E-state index in [9.17, 15) is 27.9 Å². The minimum atomic E-state index is -4.62. The number of carbonyl (C=O) groups excluding carboxylic acids is 2. The molecule has 1 aliphatic carbocycles. The number of Topliss-reactive ketones (excluding diaryl/α,β-unsaturated/α-hetero) is 1. The topological polar surface area (TPSA) is 93.9 Å². The molecule has 162 valence electrons. The van der Waals surface area contributed by atoms with Gasteiger partial charge in [0.1, 0.15) is 6.04 Å². The normalized spacial score (nSPS) is 22.5. The maximum Gasteiger partial charge on any atom is 0.416 e. The number of anilines is 1. The summed E-state index contributed by atoms with van der Waals surface area (Å²) in [5.74, 6) is -0.269. The van der Waals surface area contributed by atoms with Crippen LogP contribution in [-0.4, -0.2) is 22.0 Å². The van der Waals surface area contributed by atoms with Crippen molar-refractivity contribution in [3.8, 4) is 6.07 Å². The van der Waals surface area contributed by atoms with Gasteiger partial charge in [-0.3, -0.25) is 9.69 Å². The van der Waals surface area contributed by atoms with Crippen molar-refractivity contribution < 1.29 is 32.7 Å². The van der Waals surface area contributed by atoms with E-state index in [0.717, 1.165) is 22.1 Å². The first-order chi connectivity index (χ1) is 15.2. The molecule has 2 aromatic rings. The van der Waals surface area contributed by atoms with Crippen molar-refractivity contribution in [2.24, 2.45) is 0 Å². The largest absolute Gasteiger partial charge is 0.416 e. The van der Waals surface area contributed by atoms with Crippen LogP contribution in [0.25, 0.3) is 0 Å². The number of alkyl halides is 3. The van der Waals surface area contributed by atoms with Gasteiger partial charge in [-0.1, -0.05) is 12.1 Å². The summed E-state index contributed by atoms with van der Waals surface area (Å²) < 4.78 is 39.7. The number of hydrogen-bond donors (Lipinski definition) is 1. The number of benzene rings is 2. The van der Waals surface area contributed by atoms with E-state index in [2.05, 4.69) is 0 Å². The van der Waals surface area contributed by atoms with Crippen LogP contribution in [0.5, 0.6) is 0 Å². The lowest BCUT2D eigenvalue weighted by Gasteiger charge is -2.45. The number of hydroxylamine groups is 2. The van der Waals surface area contributed by atoms with E-state index in [1.54, 1.807) is 6.07 Å². The monoisotopic (exact) mass is 441 g/mol. The minimum Gasteiger partial charge on any atom is -0.362 e. The minimum absolute atomic E-state index is 0.0609. The Hall–Kier alpha value is -3.68. The van der Waals surface area contributed by atoms with Crippen LogP contribution in [-0.2, 0) is 15.8 Å². The van der Waals surface area contributed by atoms with Crippen molar-refractivity contribution in [3.63, 3.8) is 0 Å². The summed E-state index contributed by atoms with van der Waals surface area (Å²) in [5.41, 5.74) is 0.453. The van der Waals surface area contributed by atoms with Gasteiger partial charge in [0.2, 0.25) is 6.29 Å². The van der Waals surface area contributed by atoms with Crippen LogP contribution in [0.1, 0.15) is 47.4 Å². The molecule has 0 spiro atoms. The highest BCUT2D eigenvalue weighted by Crippen LogP contribution is 2.49. The van der Waals surface area contributed by atoms with E-state index in [4.69, 9.17) is 10.1 Å². The van der Waals surface area contributed by atoms with Gasteiger partial charge in [-0.2, -0.15) is 23.5 Å². The second-order valence-electron chi connectivity index (χ2n) is 7.59. The number of aliphatic hydroxyl groups excluding tert-OH is 1. The Balaban J connectivity index is 1.70. The van der Waals surface area contributed by atoms with Crippen molar-refractivity contribution in [2.45, 2.75) is 31.3 Å². The summed E-state index contributed by atoms with van der Waals surface area (Å²) in [5, 5.41) is 20.4. The molecule has 3 aliphatic rings. The van der Waals surface area contributed by atoms with Crippen molar-refractivity contribution in [1.29, 1.82) is 5.26 Å². The third-order valence-electron chi connectivity index (χ3n) is 5.78. The Morgan fingerprint density at radius 1 is 1.09 bits per heavy atom. The lowest BCUT2D eigenvalue weighted by Crippen LogP contribution is -2.52. The van der Waals surface area contributed by atoms with Gasteiger partial charge in [-0.05, 0) is 42.3 Å². The number of aliphatic hydroxyl groups is 1. The van der Waals surface area contributed by atoms with E-state index >= 15 is 0 Å². The van der Waals surface area contributed by atoms with Crippen LogP contribution in [0.3, 0.4) is 0 Å². The molecule has 32 heavy (non-hydrogen) atoms. The Morgan fingerprint density at radius 3 is 2.59 bits per heavy atom. The first-order valence-electron chi connectivity index (χ1n) is 9.66. The Morgan fingerprint density at radius 2 is 1.88 bits per heavy atom. The van der Waals surface area contributed by atoms with E-state index < -0.39 is 30.1 Å². The molecule has 0 radical (unpaired) electrons. The summed E-state index contributed by atoms with van der Waals surface area (Å²) in [6, 6.07) is 8.86. The van der Waals surface area contributed by atoms with Crippen LogP contribution in [0, 0.1) is 11.3 Å². The third-order valence-corrected chi connectivity index (χ3v) is 5.78. The van der Waals surface area contributed by atoms with Crippen LogP contribution in [0.15, 0.2) is 53.7 Å². The predicted molar refractivity (Wildman–Crippen MR) is 102 cm³/mol. The summed E-state index contributed by atoms with van der Waals surface area (Å²) in [7, 11) is 0. The highest BCUT2D eigenvalue weighted by atomic mass is 19.4. The summed E-state index contributed by atoms with van der Waals surface area (Å²) in [6.45, 7) is 0. The number of carbonyl (C=O) groups is 2. The third kappa shape index (κ3) is 2.90. The number of nitrogens with zero attached hydrogens (tertiary/aromatic N) is 3. The number of rotatable bonds is 1. The van der Waals surface area contributed by atoms with Crippen molar-refractivity contribution >= 4 is 17.5 Å². The zero-order valence-corrected chi connectivity index (χ0v) is 16.3. The molecular formula is C22H14F3N3O4. The van der Waals surface area contributed by atoms with E-state index in [1.165, 1.54) is 24.3 Å². The van der Waals surface area contributed by atoms with Gasteiger partial charge in [0.25, 0.3) is 0 Å². The van der Waals surface area contributed by atoms with Gasteiger partial charge in [-0.25, -0.2) is 9.63 Å². The highest BCUT2D eigenvalue weighted by Gasteiger charge is 2.50. The van der Waals surface area contributed by atoms with Gasteiger partial charge in [-0.15, -0.1) is 0 Å². The highest BCUT2D eigenvalue weighted by molar-refractivity contribution is 6.08. The number of urea groups is 1. The maximum atomic E-state index is 13.4. The molecule has 2 heterocycles. The SMILES string of the molecule is N#Cc1ccc2c(c1)C(O)ON1C(=O)N(c3cccc(C(F)(F)F)c3)C3=C(C(=O)CC3)C21. The zero-order chi connectivity index (χ0) is 22.8. The Labute approximate surface area is 179 Å². The summed E-state index contributed by atoms with van der Waals surface area (Å²) >= 11 is 0. The number of allylic oxidation sites excluding steroid dienone is 1. The molecule has 5 rings (SSSR count). The number of nitriles is 1. The number of amides is 2. The molecule has 7 nitrogen and oxygen atoms in total. The fourth-order valence-corrected chi connectivity index (χ4v) is 4.39. The number of halogens is 3. The molecule has 2 amide bonds. The lowest BCUT2D eigenvalue weighted by molar-refractivity contribution is -0.263. The quantitative estimate of drug-likeness (QED) is 0.719. The van der Waals surface area contributed by atoms with Crippen molar-refractivity contribution in [3.05, 3.63) is 76.0 Å². The fraction of sp³-hybridized carbons (Fsp3) is 0.227. The predicted octanol–water partition coefficient (Wildman–Crippen LogP) is 4.11. The molecule has 0 saturated heterocycles. The molecule has 1 N–H and O–H groups in total. The Kier molecular flexibility index (Phi) is 4.37. The lowest BCUT2D eigenvalue weighted by atomic mass is 9.89. The first kappa shape index (κ1) is 20.2. The average Bonchev–Trinajstić information content (AvgIpc) is 3.14. The number of fused-ring (bicyclic) bond motifs is 4. The molecule has 0 bridgehead atoms. The molecule has 10 heteroatoms. The maximum absolute atomic E-state index is 13.4. The van der Waals surface area contributed by atoms with Crippen molar-refractivity contribution in [2.75, 3.05) is 4.90 Å². The zero-order valence-electron chi connectivity index (χ0n) is 16.3. The van der Waals surface area contributed by atoms with Crippen LogP contribution in [0.4, 0.5) is 23.7 Å². The van der Waals surface area contributed by atoms with Gasteiger partial charge < -0.3 is 5.11 Å². The van der Waals surface area contributed by atoms with Gasteiger partial charge in [0.15, 0.2) is 5.78 Å². The second-order valence-corrected chi connectivity index (χ2v) is 7.59. The standard InChI is InChI=1S/C22H14F3N3O4/c23-22(24,25)12-2-1-3-13(9-12)27-16-6-7-17(29)18(16)19-14-5-4-11(10-26)8-15(14)20(30)32-28(19)21(27)31/h1-5,8-9,19-20,30H,6-7H2. The van der Waals surface area contributed by atoms with Crippen LogP contribution < -0.4 is 4.90 Å². The first-order valence-corrected chi connectivity index (χ1v) is 9.66. The molecule has 2 aliphatic heterocycles. The van der Waals surface area contributed by atoms with Gasteiger partial charge >= 0.3 is 12.2 Å².